The lowest BCUT2D eigenvalue weighted by atomic mass is 10.2. The molecule has 1 aliphatic rings. The highest BCUT2D eigenvalue weighted by Gasteiger charge is 2.28. The minimum absolute atomic E-state index is 0.000489. The Hall–Kier alpha value is -1.89. The SMILES string of the molecule is C[C@@H](NC(=O)CSc1nnc(-c2cccnc2)o1)C1CC1. The Morgan fingerprint density at radius 2 is 2.38 bits per heavy atom. The number of carbonyl (C=O) groups excluding carboxylic acids is 1. The molecule has 3 rings (SSSR count). The first-order chi connectivity index (χ1) is 10.2. The summed E-state index contributed by atoms with van der Waals surface area (Å²) in [7, 11) is 0. The van der Waals surface area contributed by atoms with Crippen molar-refractivity contribution in [2.75, 3.05) is 5.75 Å². The fraction of sp³-hybridized carbons (Fsp3) is 0.429. The van der Waals surface area contributed by atoms with E-state index in [1.165, 1.54) is 24.6 Å². The first kappa shape index (κ1) is 14.1. The minimum Gasteiger partial charge on any atom is -0.411 e. The summed E-state index contributed by atoms with van der Waals surface area (Å²) in [4.78, 5) is 15.8. The number of thioether (sulfide) groups is 1. The second-order valence-corrected chi connectivity index (χ2v) is 6.02. The Labute approximate surface area is 126 Å². The summed E-state index contributed by atoms with van der Waals surface area (Å²) in [5.41, 5.74) is 0.767. The van der Waals surface area contributed by atoms with Crippen LogP contribution in [0.2, 0.25) is 0 Å². The molecule has 110 valence electrons. The maximum absolute atomic E-state index is 11.8. The first-order valence-corrected chi connectivity index (χ1v) is 7.87. The molecule has 0 saturated heterocycles. The Balaban J connectivity index is 1.51. The van der Waals surface area contributed by atoms with Crippen molar-refractivity contribution in [3.8, 4) is 11.5 Å². The molecule has 1 saturated carbocycles. The molecule has 7 heteroatoms. The predicted molar refractivity (Wildman–Crippen MR) is 78.6 cm³/mol. The van der Waals surface area contributed by atoms with Gasteiger partial charge in [-0.1, -0.05) is 11.8 Å². The summed E-state index contributed by atoms with van der Waals surface area (Å²) in [6.45, 7) is 2.05. The predicted octanol–water partition coefficient (Wildman–Crippen LogP) is 2.14. The zero-order valence-corrected chi connectivity index (χ0v) is 12.5. The molecular weight excluding hydrogens is 288 g/mol. The van der Waals surface area contributed by atoms with Crippen molar-refractivity contribution in [1.29, 1.82) is 0 Å². The Morgan fingerprint density at radius 1 is 1.52 bits per heavy atom. The van der Waals surface area contributed by atoms with E-state index in [0.29, 0.717) is 17.0 Å². The van der Waals surface area contributed by atoms with E-state index in [2.05, 4.69) is 20.5 Å². The molecule has 1 atom stereocenters. The molecule has 0 bridgehead atoms. The standard InChI is InChI=1S/C14H16N4O2S/c1-9(10-4-5-10)16-12(19)8-21-14-18-17-13(20-14)11-3-2-6-15-7-11/h2-3,6-7,9-10H,4-5,8H2,1H3,(H,16,19)/t9-/m1/s1. The Kier molecular flexibility index (Phi) is 4.19. The molecule has 0 radical (unpaired) electrons. The summed E-state index contributed by atoms with van der Waals surface area (Å²) in [5, 5.41) is 11.3. The molecule has 1 N–H and O–H groups in total. The molecule has 0 spiro atoms. The van der Waals surface area contributed by atoms with E-state index in [4.69, 9.17) is 4.42 Å². The topological polar surface area (TPSA) is 80.9 Å². The lowest BCUT2D eigenvalue weighted by molar-refractivity contribution is -0.119. The highest BCUT2D eigenvalue weighted by atomic mass is 32.2. The third kappa shape index (κ3) is 3.81. The van der Waals surface area contributed by atoms with E-state index < -0.39 is 0 Å². The number of nitrogens with one attached hydrogen (secondary N) is 1. The van der Waals surface area contributed by atoms with Crippen molar-refractivity contribution in [2.45, 2.75) is 31.0 Å². The molecule has 2 aromatic heterocycles. The third-order valence-electron chi connectivity index (χ3n) is 3.36. The molecule has 6 nitrogen and oxygen atoms in total. The van der Waals surface area contributed by atoms with Crippen molar-refractivity contribution in [2.24, 2.45) is 5.92 Å². The van der Waals surface area contributed by atoms with Crippen LogP contribution in [0.15, 0.2) is 34.2 Å². The van der Waals surface area contributed by atoms with Gasteiger partial charge in [-0.05, 0) is 37.8 Å². The minimum atomic E-state index is 0.000489. The third-order valence-corrected chi connectivity index (χ3v) is 4.18. The second kappa shape index (κ2) is 6.26. The van der Waals surface area contributed by atoms with Gasteiger partial charge in [0, 0.05) is 18.4 Å². The summed E-state index contributed by atoms with van der Waals surface area (Å²) in [5.74, 6) is 1.35. The van der Waals surface area contributed by atoms with Crippen molar-refractivity contribution >= 4 is 17.7 Å². The van der Waals surface area contributed by atoms with Gasteiger partial charge in [0.25, 0.3) is 5.22 Å². The van der Waals surface area contributed by atoms with Crippen LogP contribution in [0.25, 0.3) is 11.5 Å². The van der Waals surface area contributed by atoms with Gasteiger partial charge in [-0.25, -0.2) is 0 Å². The van der Waals surface area contributed by atoms with Crippen LogP contribution >= 0.6 is 11.8 Å². The van der Waals surface area contributed by atoms with Gasteiger partial charge in [0.05, 0.1) is 11.3 Å². The van der Waals surface area contributed by atoms with Crippen molar-refractivity contribution in [3.05, 3.63) is 24.5 Å². The highest BCUT2D eigenvalue weighted by molar-refractivity contribution is 7.99. The molecule has 1 aliphatic carbocycles. The fourth-order valence-electron chi connectivity index (χ4n) is 2.01. The molecule has 1 fully saturated rings. The van der Waals surface area contributed by atoms with Crippen LogP contribution in [0.4, 0.5) is 0 Å². The molecule has 2 heterocycles. The van der Waals surface area contributed by atoms with Gasteiger partial charge in [-0.15, -0.1) is 10.2 Å². The van der Waals surface area contributed by atoms with Crippen LogP contribution < -0.4 is 5.32 Å². The normalized spacial score (nSPS) is 15.7. The molecule has 0 aromatic carbocycles. The average Bonchev–Trinajstić information content (AvgIpc) is 3.25. The lowest BCUT2D eigenvalue weighted by Gasteiger charge is -2.11. The second-order valence-electron chi connectivity index (χ2n) is 5.10. The Morgan fingerprint density at radius 3 is 3.10 bits per heavy atom. The first-order valence-electron chi connectivity index (χ1n) is 6.88. The number of aromatic nitrogens is 3. The van der Waals surface area contributed by atoms with Crippen LogP contribution in [-0.4, -0.2) is 32.9 Å². The molecule has 21 heavy (non-hydrogen) atoms. The maximum Gasteiger partial charge on any atom is 0.277 e. The largest absolute Gasteiger partial charge is 0.411 e. The van der Waals surface area contributed by atoms with Gasteiger partial charge in [0.15, 0.2) is 0 Å². The summed E-state index contributed by atoms with van der Waals surface area (Å²) in [6, 6.07) is 3.91. The van der Waals surface area contributed by atoms with E-state index in [9.17, 15) is 4.79 Å². The van der Waals surface area contributed by atoms with Crippen molar-refractivity contribution in [3.63, 3.8) is 0 Å². The molecule has 2 aromatic rings. The molecular formula is C14H16N4O2S. The number of nitrogens with zero attached hydrogens (tertiary/aromatic N) is 3. The molecule has 1 amide bonds. The number of hydrogen-bond acceptors (Lipinski definition) is 6. The number of carbonyl (C=O) groups is 1. The molecule has 0 unspecified atom stereocenters. The monoisotopic (exact) mass is 304 g/mol. The summed E-state index contributed by atoms with van der Waals surface area (Å²) < 4.78 is 5.51. The van der Waals surface area contributed by atoms with Gasteiger partial charge in [-0.3, -0.25) is 9.78 Å². The quantitative estimate of drug-likeness (QED) is 0.823. The average molecular weight is 304 g/mol. The zero-order chi connectivity index (χ0) is 14.7. The van der Waals surface area contributed by atoms with Gasteiger partial charge < -0.3 is 9.73 Å². The number of pyridine rings is 1. The summed E-state index contributed by atoms with van der Waals surface area (Å²) in [6.07, 6.45) is 5.77. The maximum atomic E-state index is 11.8. The van der Waals surface area contributed by atoms with Crippen LogP contribution in [0.5, 0.6) is 0 Å². The summed E-state index contributed by atoms with van der Waals surface area (Å²) >= 11 is 1.25. The van der Waals surface area contributed by atoms with Crippen LogP contribution in [0.1, 0.15) is 19.8 Å². The number of amides is 1. The smallest absolute Gasteiger partial charge is 0.277 e. The van der Waals surface area contributed by atoms with E-state index in [0.717, 1.165) is 5.56 Å². The van der Waals surface area contributed by atoms with Gasteiger partial charge >= 0.3 is 0 Å². The zero-order valence-electron chi connectivity index (χ0n) is 11.7. The lowest BCUT2D eigenvalue weighted by Crippen LogP contribution is -2.35. The Bertz CT molecular complexity index is 612. The van der Waals surface area contributed by atoms with Crippen LogP contribution in [-0.2, 0) is 4.79 Å². The van der Waals surface area contributed by atoms with Crippen LogP contribution in [0.3, 0.4) is 0 Å². The van der Waals surface area contributed by atoms with Crippen molar-refractivity contribution < 1.29 is 9.21 Å². The van der Waals surface area contributed by atoms with Crippen molar-refractivity contribution in [1.82, 2.24) is 20.5 Å². The van der Waals surface area contributed by atoms with Gasteiger partial charge in [-0.2, -0.15) is 0 Å². The van der Waals surface area contributed by atoms with Gasteiger partial charge in [0.1, 0.15) is 0 Å². The number of rotatable bonds is 6. The molecule has 0 aliphatic heterocycles. The van der Waals surface area contributed by atoms with E-state index in [-0.39, 0.29) is 17.7 Å². The van der Waals surface area contributed by atoms with Gasteiger partial charge in [0.2, 0.25) is 11.8 Å². The van der Waals surface area contributed by atoms with E-state index >= 15 is 0 Å². The number of hydrogen-bond donors (Lipinski definition) is 1. The van der Waals surface area contributed by atoms with E-state index in [1.807, 2.05) is 13.0 Å². The van der Waals surface area contributed by atoms with Crippen LogP contribution in [0, 0.1) is 5.92 Å². The fourth-order valence-corrected chi connectivity index (χ4v) is 2.59. The van der Waals surface area contributed by atoms with E-state index in [1.54, 1.807) is 18.5 Å². The highest BCUT2D eigenvalue weighted by Crippen LogP contribution is 2.32.